The van der Waals surface area contributed by atoms with Gasteiger partial charge >= 0.3 is 0 Å². The molecule has 0 saturated carbocycles. The first kappa shape index (κ1) is 7.25. The van der Waals surface area contributed by atoms with Crippen LogP contribution in [0.15, 0.2) is 36.7 Å². The molecule has 1 heterocycles. The molecule has 1 aromatic carbocycles. The molecule has 0 fully saturated rings. The van der Waals surface area contributed by atoms with Crippen molar-refractivity contribution in [2.75, 3.05) is 0 Å². The van der Waals surface area contributed by atoms with E-state index >= 15 is 0 Å². The number of fused-ring (bicyclic) bond motifs is 1. The number of nitrogens with zero attached hydrogens (tertiary/aromatic N) is 1. The highest BCUT2D eigenvalue weighted by atomic mass is 16.3. The van der Waals surface area contributed by atoms with Crippen molar-refractivity contribution < 1.29 is 5.11 Å². The predicted molar refractivity (Wildman–Crippen MR) is 47.7 cm³/mol. The molecular formula is C10H9NO. The summed E-state index contributed by atoms with van der Waals surface area (Å²) in [6.07, 6.45) is 3.53. The molecule has 2 rings (SSSR count). The lowest BCUT2D eigenvalue weighted by Crippen LogP contribution is -1.85. The summed E-state index contributed by atoms with van der Waals surface area (Å²) in [4.78, 5) is 4.01. The average molecular weight is 159 g/mol. The Morgan fingerprint density at radius 1 is 1.25 bits per heavy atom. The van der Waals surface area contributed by atoms with Gasteiger partial charge in [-0.15, -0.1) is 0 Å². The smallest absolute Gasteiger partial charge is 0.0688 e. The third-order valence-corrected chi connectivity index (χ3v) is 1.94. The van der Waals surface area contributed by atoms with Crippen LogP contribution in [0.2, 0.25) is 0 Å². The molecule has 60 valence electrons. The van der Waals surface area contributed by atoms with Gasteiger partial charge in [-0.3, -0.25) is 4.98 Å². The van der Waals surface area contributed by atoms with E-state index in [1.54, 1.807) is 12.4 Å². The standard InChI is InChI=1S/C10H9NO/c12-7-9-3-1-2-8-4-5-11-6-10(8)9/h1-6,12H,7H2. The van der Waals surface area contributed by atoms with Crippen molar-refractivity contribution in [3.63, 3.8) is 0 Å². The molecule has 0 amide bonds. The zero-order valence-corrected chi connectivity index (χ0v) is 6.57. The van der Waals surface area contributed by atoms with Crippen molar-refractivity contribution in [1.29, 1.82) is 0 Å². The fraction of sp³-hybridized carbons (Fsp3) is 0.100. The zero-order chi connectivity index (χ0) is 8.39. The van der Waals surface area contributed by atoms with Crippen LogP contribution in [0.3, 0.4) is 0 Å². The van der Waals surface area contributed by atoms with Gasteiger partial charge in [-0.2, -0.15) is 0 Å². The minimum atomic E-state index is 0.0725. The number of hydrogen-bond acceptors (Lipinski definition) is 2. The first-order valence-corrected chi connectivity index (χ1v) is 3.84. The monoisotopic (exact) mass is 159 g/mol. The van der Waals surface area contributed by atoms with Gasteiger partial charge in [-0.1, -0.05) is 18.2 Å². The van der Waals surface area contributed by atoms with Gasteiger partial charge in [0.05, 0.1) is 6.61 Å². The van der Waals surface area contributed by atoms with E-state index in [1.807, 2.05) is 24.3 Å². The molecule has 0 aliphatic rings. The lowest BCUT2D eigenvalue weighted by Gasteiger charge is -2.01. The third-order valence-electron chi connectivity index (χ3n) is 1.94. The van der Waals surface area contributed by atoms with Crippen molar-refractivity contribution in [2.45, 2.75) is 6.61 Å². The normalized spacial score (nSPS) is 10.4. The Kier molecular flexibility index (Phi) is 1.76. The van der Waals surface area contributed by atoms with Gasteiger partial charge in [0.2, 0.25) is 0 Å². The summed E-state index contributed by atoms with van der Waals surface area (Å²) in [6, 6.07) is 7.79. The SMILES string of the molecule is OCc1cccc2ccncc12. The van der Waals surface area contributed by atoms with Crippen LogP contribution in [0.5, 0.6) is 0 Å². The first-order chi connectivity index (χ1) is 5.92. The van der Waals surface area contributed by atoms with E-state index in [-0.39, 0.29) is 6.61 Å². The Morgan fingerprint density at radius 3 is 3.00 bits per heavy atom. The molecule has 0 bridgehead atoms. The summed E-state index contributed by atoms with van der Waals surface area (Å²) >= 11 is 0. The van der Waals surface area contributed by atoms with E-state index in [9.17, 15) is 0 Å². The van der Waals surface area contributed by atoms with Crippen molar-refractivity contribution in [3.05, 3.63) is 42.2 Å². The van der Waals surface area contributed by atoms with E-state index in [0.29, 0.717) is 0 Å². The number of aliphatic hydroxyl groups excluding tert-OH is 1. The largest absolute Gasteiger partial charge is 0.392 e. The minimum Gasteiger partial charge on any atom is -0.392 e. The lowest BCUT2D eigenvalue weighted by atomic mass is 10.1. The summed E-state index contributed by atoms with van der Waals surface area (Å²) in [5, 5.41) is 11.2. The van der Waals surface area contributed by atoms with Gasteiger partial charge in [-0.05, 0) is 17.0 Å². The molecule has 2 aromatic rings. The zero-order valence-electron chi connectivity index (χ0n) is 6.57. The number of aromatic nitrogens is 1. The molecule has 12 heavy (non-hydrogen) atoms. The van der Waals surface area contributed by atoms with Crippen LogP contribution in [0.4, 0.5) is 0 Å². The Labute approximate surface area is 70.5 Å². The summed E-state index contributed by atoms with van der Waals surface area (Å²) < 4.78 is 0. The van der Waals surface area contributed by atoms with Crippen LogP contribution < -0.4 is 0 Å². The molecule has 0 saturated heterocycles. The number of rotatable bonds is 1. The number of aliphatic hydroxyl groups is 1. The highest BCUT2D eigenvalue weighted by Crippen LogP contribution is 2.16. The van der Waals surface area contributed by atoms with Crippen molar-refractivity contribution in [1.82, 2.24) is 4.98 Å². The number of benzene rings is 1. The Hall–Kier alpha value is -1.41. The molecule has 1 N–H and O–H groups in total. The van der Waals surface area contributed by atoms with Crippen LogP contribution in [-0.4, -0.2) is 10.1 Å². The van der Waals surface area contributed by atoms with Gasteiger partial charge in [0.15, 0.2) is 0 Å². The molecule has 2 heteroatoms. The molecule has 0 unspecified atom stereocenters. The van der Waals surface area contributed by atoms with E-state index in [2.05, 4.69) is 4.98 Å². The molecule has 2 nitrogen and oxygen atoms in total. The second kappa shape index (κ2) is 2.91. The fourth-order valence-corrected chi connectivity index (χ4v) is 1.31. The topological polar surface area (TPSA) is 33.1 Å². The van der Waals surface area contributed by atoms with Gasteiger partial charge in [-0.25, -0.2) is 0 Å². The van der Waals surface area contributed by atoms with Crippen molar-refractivity contribution >= 4 is 10.8 Å². The average Bonchev–Trinajstić information content (AvgIpc) is 2.17. The Morgan fingerprint density at radius 2 is 2.17 bits per heavy atom. The third kappa shape index (κ3) is 1.06. The Bertz CT molecular complexity index is 392. The maximum absolute atomic E-state index is 9.01. The van der Waals surface area contributed by atoms with Crippen LogP contribution in [0, 0.1) is 0 Å². The summed E-state index contributed by atoms with van der Waals surface area (Å²) in [5.74, 6) is 0. The Balaban J connectivity index is 2.79. The van der Waals surface area contributed by atoms with E-state index in [1.165, 1.54) is 0 Å². The van der Waals surface area contributed by atoms with Crippen molar-refractivity contribution in [2.24, 2.45) is 0 Å². The van der Waals surface area contributed by atoms with Gasteiger partial charge in [0, 0.05) is 17.8 Å². The van der Waals surface area contributed by atoms with Crippen LogP contribution in [0.1, 0.15) is 5.56 Å². The highest BCUT2D eigenvalue weighted by Gasteiger charge is 1.97. The van der Waals surface area contributed by atoms with Gasteiger partial charge < -0.3 is 5.11 Å². The summed E-state index contributed by atoms with van der Waals surface area (Å²) in [5.41, 5.74) is 0.931. The minimum absolute atomic E-state index is 0.0725. The number of hydrogen-bond donors (Lipinski definition) is 1. The van der Waals surface area contributed by atoms with Crippen LogP contribution in [0.25, 0.3) is 10.8 Å². The second-order valence-electron chi connectivity index (χ2n) is 2.67. The summed E-state index contributed by atoms with van der Waals surface area (Å²) in [7, 11) is 0. The van der Waals surface area contributed by atoms with E-state index in [4.69, 9.17) is 5.11 Å². The van der Waals surface area contributed by atoms with Gasteiger partial charge in [0.25, 0.3) is 0 Å². The molecule has 0 radical (unpaired) electrons. The van der Waals surface area contributed by atoms with E-state index < -0.39 is 0 Å². The molecule has 0 atom stereocenters. The van der Waals surface area contributed by atoms with E-state index in [0.717, 1.165) is 16.3 Å². The van der Waals surface area contributed by atoms with Crippen LogP contribution >= 0.6 is 0 Å². The maximum atomic E-state index is 9.01. The summed E-state index contributed by atoms with van der Waals surface area (Å²) in [6.45, 7) is 0.0725. The van der Waals surface area contributed by atoms with Gasteiger partial charge in [0.1, 0.15) is 0 Å². The quantitative estimate of drug-likeness (QED) is 0.687. The molecule has 1 aromatic heterocycles. The predicted octanol–water partition coefficient (Wildman–Crippen LogP) is 1.73. The second-order valence-corrected chi connectivity index (χ2v) is 2.67. The maximum Gasteiger partial charge on any atom is 0.0688 e. The molecule has 0 aliphatic heterocycles. The molecule has 0 aliphatic carbocycles. The lowest BCUT2D eigenvalue weighted by molar-refractivity contribution is 0.283. The van der Waals surface area contributed by atoms with Crippen LogP contribution in [-0.2, 0) is 6.61 Å². The first-order valence-electron chi connectivity index (χ1n) is 3.84. The highest BCUT2D eigenvalue weighted by molar-refractivity contribution is 5.84. The molecule has 0 spiro atoms. The molecular weight excluding hydrogens is 150 g/mol. The number of pyridine rings is 1. The van der Waals surface area contributed by atoms with Crippen molar-refractivity contribution in [3.8, 4) is 0 Å². The fourth-order valence-electron chi connectivity index (χ4n) is 1.31.